The zero-order valence-electron chi connectivity index (χ0n) is 10.5. The zero-order valence-corrected chi connectivity index (χ0v) is 12.1. The molecule has 0 saturated heterocycles. The van der Waals surface area contributed by atoms with Crippen LogP contribution in [-0.4, -0.2) is 34.9 Å². The summed E-state index contributed by atoms with van der Waals surface area (Å²) in [6.45, 7) is 3.42. The molecule has 19 heavy (non-hydrogen) atoms. The van der Waals surface area contributed by atoms with E-state index in [-0.39, 0.29) is 6.54 Å². The van der Waals surface area contributed by atoms with Crippen LogP contribution in [0.5, 0.6) is 0 Å². The number of anilines is 1. The quantitative estimate of drug-likeness (QED) is 0.674. The Morgan fingerprint density at radius 2 is 2.00 bits per heavy atom. The number of hydrogen-bond acceptors (Lipinski definition) is 3. The predicted molar refractivity (Wildman–Crippen MR) is 74.3 cm³/mol. The number of benzene rings is 1. The fourth-order valence-corrected chi connectivity index (χ4v) is 2.28. The van der Waals surface area contributed by atoms with Gasteiger partial charge in [0.1, 0.15) is 0 Å². The lowest BCUT2D eigenvalue weighted by molar-refractivity contribution is -0.146. The number of carboxylic acid groups (broad SMARTS) is 1. The van der Waals surface area contributed by atoms with Crippen LogP contribution in [0.15, 0.2) is 16.6 Å². The van der Waals surface area contributed by atoms with Gasteiger partial charge in [-0.1, -0.05) is 6.07 Å². The fourth-order valence-electron chi connectivity index (χ4n) is 1.51. The molecule has 0 aliphatic carbocycles. The molecule has 1 rings (SSSR count). The standard InChI is InChI=1S/C12H15BrN2O4/c1-6-3-7(2)10(8(13)4-6)15-12(19)14-5-9(16)11(17)18/h3-4,9,16H,5H2,1-2H3,(H,17,18)(H2,14,15,19)/t9-/m0/s1. The Hall–Kier alpha value is -1.60. The van der Waals surface area contributed by atoms with Gasteiger partial charge in [0.2, 0.25) is 0 Å². The van der Waals surface area contributed by atoms with E-state index < -0.39 is 18.1 Å². The first kappa shape index (κ1) is 15.5. The second kappa shape index (κ2) is 6.53. The number of carbonyl (C=O) groups excluding carboxylic acids is 1. The maximum Gasteiger partial charge on any atom is 0.334 e. The van der Waals surface area contributed by atoms with E-state index in [0.717, 1.165) is 15.6 Å². The number of hydrogen-bond donors (Lipinski definition) is 4. The number of carboxylic acids is 1. The number of aryl methyl sites for hydroxylation is 2. The van der Waals surface area contributed by atoms with E-state index in [1.807, 2.05) is 26.0 Å². The van der Waals surface area contributed by atoms with Crippen molar-refractivity contribution in [2.24, 2.45) is 0 Å². The highest BCUT2D eigenvalue weighted by molar-refractivity contribution is 9.10. The van der Waals surface area contributed by atoms with E-state index in [1.165, 1.54) is 0 Å². The van der Waals surface area contributed by atoms with E-state index in [2.05, 4.69) is 26.6 Å². The molecule has 0 fully saturated rings. The molecule has 0 heterocycles. The van der Waals surface area contributed by atoms with Crippen LogP contribution in [0.25, 0.3) is 0 Å². The molecule has 1 aromatic carbocycles. The minimum absolute atomic E-state index is 0.357. The monoisotopic (exact) mass is 330 g/mol. The number of urea groups is 1. The highest BCUT2D eigenvalue weighted by atomic mass is 79.9. The second-order valence-electron chi connectivity index (χ2n) is 4.13. The van der Waals surface area contributed by atoms with Gasteiger partial charge in [-0.05, 0) is 47.0 Å². The number of halogens is 1. The number of aliphatic hydroxyl groups is 1. The van der Waals surface area contributed by atoms with Crippen molar-refractivity contribution in [1.82, 2.24) is 5.32 Å². The smallest absolute Gasteiger partial charge is 0.334 e. The molecular formula is C12H15BrN2O4. The van der Waals surface area contributed by atoms with Crippen molar-refractivity contribution in [3.8, 4) is 0 Å². The average Bonchev–Trinajstić information content (AvgIpc) is 2.30. The summed E-state index contributed by atoms with van der Waals surface area (Å²) >= 11 is 3.34. The van der Waals surface area contributed by atoms with E-state index in [9.17, 15) is 9.59 Å². The molecule has 0 aliphatic rings. The number of aliphatic hydroxyl groups excluding tert-OH is 1. The molecule has 0 saturated carbocycles. The van der Waals surface area contributed by atoms with Gasteiger partial charge in [-0.3, -0.25) is 0 Å². The second-order valence-corrected chi connectivity index (χ2v) is 4.98. The summed E-state index contributed by atoms with van der Waals surface area (Å²) in [5, 5.41) is 22.4. The molecule has 0 unspecified atom stereocenters. The Bertz CT molecular complexity index is 481. The minimum atomic E-state index is -1.62. The molecule has 1 aromatic rings. The lowest BCUT2D eigenvalue weighted by Gasteiger charge is -2.13. The Morgan fingerprint density at radius 1 is 1.37 bits per heavy atom. The van der Waals surface area contributed by atoms with Crippen LogP contribution in [0.4, 0.5) is 10.5 Å². The van der Waals surface area contributed by atoms with Gasteiger partial charge >= 0.3 is 12.0 Å². The predicted octanol–water partition coefficient (Wildman–Crippen LogP) is 1.63. The third-order valence-corrected chi connectivity index (χ3v) is 3.04. The third-order valence-electron chi connectivity index (χ3n) is 2.41. The molecule has 104 valence electrons. The molecule has 0 bridgehead atoms. The highest BCUT2D eigenvalue weighted by Crippen LogP contribution is 2.27. The first-order valence-corrected chi connectivity index (χ1v) is 6.33. The lowest BCUT2D eigenvalue weighted by atomic mass is 10.1. The summed E-state index contributed by atoms with van der Waals surface area (Å²) in [6.07, 6.45) is -1.62. The van der Waals surface area contributed by atoms with E-state index >= 15 is 0 Å². The summed E-state index contributed by atoms with van der Waals surface area (Å²) < 4.78 is 0.735. The fraction of sp³-hybridized carbons (Fsp3) is 0.333. The Labute approximate surface area is 118 Å². The van der Waals surface area contributed by atoms with Gasteiger partial charge in [0.25, 0.3) is 0 Å². The molecular weight excluding hydrogens is 316 g/mol. The Balaban J connectivity index is 2.65. The van der Waals surface area contributed by atoms with Crippen LogP contribution in [0.2, 0.25) is 0 Å². The zero-order chi connectivity index (χ0) is 14.6. The first-order chi connectivity index (χ1) is 8.81. The number of rotatable bonds is 4. The number of nitrogens with one attached hydrogen (secondary N) is 2. The number of carbonyl (C=O) groups is 2. The van der Waals surface area contributed by atoms with E-state index in [1.54, 1.807) is 0 Å². The van der Waals surface area contributed by atoms with Crippen molar-refractivity contribution >= 4 is 33.6 Å². The molecule has 0 aliphatic heterocycles. The van der Waals surface area contributed by atoms with Crippen molar-refractivity contribution < 1.29 is 19.8 Å². The Morgan fingerprint density at radius 3 is 2.53 bits per heavy atom. The molecule has 7 heteroatoms. The highest BCUT2D eigenvalue weighted by Gasteiger charge is 2.15. The van der Waals surface area contributed by atoms with Crippen molar-refractivity contribution in [3.05, 3.63) is 27.7 Å². The molecule has 2 amide bonds. The summed E-state index contributed by atoms with van der Waals surface area (Å²) in [5.41, 5.74) is 2.53. The molecule has 0 aromatic heterocycles. The number of aliphatic carboxylic acids is 1. The first-order valence-electron chi connectivity index (χ1n) is 5.53. The SMILES string of the molecule is Cc1cc(C)c(NC(=O)NC[C@H](O)C(=O)O)c(Br)c1. The van der Waals surface area contributed by atoms with Crippen LogP contribution in [0, 0.1) is 13.8 Å². The largest absolute Gasteiger partial charge is 0.479 e. The average molecular weight is 331 g/mol. The van der Waals surface area contributed by atoms with Crippen molar-refractivity contribution in [1.29, 1.82) is 0 Å². The lowest BCUT2D eigenvalue weighted by Crippen LogP contribution is -2.38. The molecule has 0 spiro atoms. The van der Waals surface area contributed by atoms with Gasteiger partial charge in [0.15, 0.2) is 6.10 Å². The molecule has 0 radical (unpaired) electrons. The van der Waals surface area contributed by atoms with Gasteiger partial charge in [-0.25, -0.2) is 9.59 Å². The number of amides is 2. The maximum absolute atomic E-state index is 11.6. The van der Waals surface area contributed by atoms with Crippen LogP contribution in [-0.2, 0) is 4.79 Å². The Kier molecular flexibility index (Phi) is 5.31. The van der Waals surface area contributed by atoms with Crippen LogP contribution in [0.1, 0.15) is 11.1 Å². The topological polar surface area (TPSA) is 98.7 Å². The van der Waals surface area contributed by atoms with Crippen LogP contribution >= 0.6 is 15.9 Å². The van der Waals surface area contributed by atoms with Gasteiger partial charge in [0.05, 0.1) is 12.2 Å². The maximum atomic E-state index is 11.6. The van der Waals surface area contributed by atoms with Gasteiger partial charge in [-0.15, -0.1) is 0 Å². The molecule has 1 atom stereocenters. The normalized spacial score (nSPS) is 11.8. The summed E-state index contributed by atoms with van der Waals surface area (Å²) in [7, 11) is 0. The molecule has 6 nitrogen and oxygen atoms in total. The van der Waals surface area contributed by atoms with Crippen molar-refractivity contribution in [2.45, 2.75) is 20.0 Å². The summed E-state index contributed by atoms with van der Waals surface area (Å²) in [6, 6.07) is 3.19. The summed E-state index contributed by atoms with van der Waals surface area (Å²) in [4.78, 5) is 22.0. The minimum Gasteiger partial charge on any atom is -0.479 e. The summed E-state index contributed by atoms with van der Waals surface area (Å²) in [5.74, 6) is -1.38. The van der Waals surface area contributed by atoms with E-state index in [4.69, 9.17) is 10.2 Å². The van der Waals surface area contributed by atoms with Gasteiger partial charge in [-0.2, -0.15) is 0 Å². The van der Waals surface area contributed by atoms with Gasteiger partial charge < -0.3 is 20.8 Å². The van der Waals surface area contributed by atoms with E-state index in [0.29, 0.717) is 5.69 Å². The van der Waals surface area contributed by atoms with Crippen LogP contribution < -0.4 is 10.6 Å². The third kappa shape index (κ3) is 4.53. The van der Waals surface area contributed by atoms with Gasteiger partial charge in [0, 0.05) is 4.47 Å². The molecule has 4 N–H and O–H groups in total. The van der Waals surface area contributed by atoms with Crippen molar-refractivity contribution in [3.63, 3.8) is 0 Å². The van der Waals surface area contributed by atoms with Crippen molar-refractivity contribution in [2.75, 3.05) is 11.9 Å². The van der Waals surface area contributed by atoms with Crippen LogP contribution in [0.3, 0.4) is 0 Å².